The predicted molar refractivity (Wildman–Crippen MR) is 108 cm³/mol. The molecular weight excluding hydrogens is 338 g/mol. The molecule has 0 aliphatic heterocycles. The van der Waals surface area contributed by atoms with Gasteiger partial charge in [-0.2, -0.15) is 0 Å². The Balaban J connectivity index is 1.64. The minimum Gasteiger partial charge on any atom is -0.370 e. The third-order valence-corrected chi connectivity index (χ3v) is 4.12. The first-order valence-electron chi connectivity index (χ1n) is 8.50. The molecule has 1 aromatic carbocycles. The lowest BCUT2D eigenvalue weighted by atomic mass is 10.2. The number of aliphatic imine (C=N–C) groups is 1. The van der Waals surface area contributed by atoms with Crippen molar-refractivity contribution in [1.29, 1.82) is 0 Å². The first-order valence-corrected chi connectivity index (χ1v) is 8.50. The van der Waals surface area contributed by atoms with Crippen molar-refractivity contribution in [1.82, 2.24) is 14.4 Å². The number of imidazole rings is 1. The highest BCUT2D eigenvalue weighted by Crippen LogP contribution is 2.28. The van der Waals surface area contributed by atoms with Crippen LogP contribution in [0.2, 0.25) is 0 Å². The fourth-order valence-corrected chi connectivity index (χ4v) is 2.89. The number of aromatic nitrogens is 3. The highest BCUT2D eigenvalue weighted by molar-refractivity contribution is 5.79. The van der Waals surface area contributed by atoms with E-state index in [1.54, 1.807) is 6.20 Å². The first-order chi connectivity index (χ1) is 13.2. The van der Waals surface area contributed by atoms with E-state index in [4.69, 9.17) is 16.5 Å². The van der Waals surface area contributed by atoms with Gasteiger partial charge in [0.2, 0.25) is 0 Å². The van der Waals surface area contributed by atoms with Gasteiger partial charge in [0, 0.05) is 30.7 Å². The van der Waals surface area contributed by atoms with Crippen molar-refractivity contribution in [3.63, 3.8) is 0 Å². The highest BCUT2D eigenvalue weighted by atomic mass is 15.1. The molecule has 0 amide bonds. The van der Waals surface area contributed by atoms with Gasteiger partial charge < -0.3 is 16.8 Å². The Kier molecular flexibility index (Phi) is 4.40. The molecule has 0 saturated carbocycles. The van der Waals surface area contributed by atoms with E-state index in [0.717, 1.165) is 34.0 Å². The second-order valence-electron chi connectivity index (χ2n) is 6.04. The molecule has 5 N–H and O–H groups in total. The number of pyridine rings is 2. The van der Waals surface area contributed by atoms with Gasteiger partial charge in [-0.1, -0.05) is 18.2 Å². The summed E-state index contributed by atoms with van der Waals surface area (Å²) in [4.78, 5) is 13.0. The largest absolute Gasteiger partial charge is 0.370 e. The molecule has 4 aromatic rings. The Hall–Kier alpha value is -3.87. The molecule has 7 nitrogen and oxygen atoms in total. The molecule has 0 bridgehead atoms. The fraction of sp³-hybridized carbons (Fsp3) is 0.0500. The number of hydrogen-bond acceptors (Lipinski definition) is 4. The number of hydrogen-bond donors (Lipinski definition) is 3. The lowest BCUT2D eigenvalue weighted by molar-refractivity contribution is 1.08. The van der Waals surface area contributed by atoms with E-state index in [1.165, 1.54) is 0 Å². The lowest BCUT2D eigenvalue weighted by Crippen LogP contribution is -2.21. The van der Waals surface area contributed by atoms with Crippen molar-refractivity contribution in [2.24, 2.45) is 16.5 Å². The summed E-state index contributed by atoms with van der Waals surface area (Å²) in [6, 6.07) is 17.6. The molecule has 0 saturated heterocycles. The van der Waals surface area contributed by atoms with Crippen LogP contribution in [0.1, 0.15) is 5.56 Å². The van der Waals surface area contributed by atoms with Crippen LogP contribution in [0.3, 0.4) is 0 Å². The number of benzene rings is 1. The summed E-state index contributed by atoms with van der Waals surface area (Å²) >= 11 is 0. The average Bonchev–Trinajstić information content (AvgIpc) is 3.06. The molecule has 3 heterocycles. The maximum absolute atomic E-state index is 5.41. The third-order valence-electron chi connectivity index (χ3n) is 4.12. The van der Waals surface area contributed by atoms with Gasteiger partial charge in [0.25, 0.3) is 0 Å². The van der Waals surface area contributed by atoms with Gasteiger partial charge >= 0.3 is 0 Å². The van der Waals surface area contributed by atoms with Gasteiger partial charge in [0.15, 0.2) is 5.96 Å². The Bertz CT molecular complexity index is 1080. The zero-order valence-corrected chi connectivity index (χ0v) is 14.6. The Morgan fingerprint density at radius 3 is 2.63 bits per heavy atom. The quantitative estimate of drug-likeness (QED) is 0.376. The summed E-state index contributed by atoms with van der Waals surface area (Å²) < 4.78 is 2.04. The number of anilines is 1. The molecule has 0 atom stereocenters. The summed E-state index contributed by atoms with van der Waals surface area (Å²) in [5.74, 6) is 0.972. The SMILES string of the molecule is NC(N)=Nc1ccc(CNc2c(-c3cccnc3)nc3ccccn23)cc1. The van der Waals surface area contributed by atoms with Gasteiger partial charge in [-0.25, -0.2) is 9.98 Å². The molecule has 27 heavy (non-hydrogen) atoms. The molecule has 3 aromatic heterocycles. The van der Waals surface area contributed by atoms with Crippen molar-refractivity contribution in [3.05, 3.63) is 78.8 Å². The van der Waals surface area contributed by atoms with Gasteiger partial charge in [0.1, 0.15) is 17.2 Å². The number of rotatable bonds is 5. The van der Waals surface area contributed by atoms with Gasteiger partial charge in [-0.3, -0.25) is 9.38 Å². The van der Waals surface area contributed by atoms with Crippen LogP contribution >= 0.6 is 0 Å². The van der Waals surface area contributed by atoms with Crippen LogP contribution in [0.4, 0.5) is 11.5 Å². The molecule has 4 rings (SSSR count). The molecule has 0 aliphatic carbocycles. The smallest absolute Gasteiger partial charge is 0.191 e. The molecule has 0 fully saturated rings. The van der Waals surface area contributed by atoms with E-state index >= 15 is 0 Å². The second kappa shape index (κ2) is 7.17. The second-order valence-corrected chi connectivity index (χ2v) is 6.04. The Morgan fingerprint density at radius 2 is 1.89 bits per heavy atom. The van der Waals surface area contributed by atoms with Gasteiger partial charge in [0.05, 0.1) is 5.69 Å². The molecule has 0 aliphatic rings. The molecule has 0 spiro atoms. The van der Waals surface area contributed by atoms with Crippen LogP contribution in [0.5, 0.6) is 0 Å². The van der Waals surface area contributed by atoms with E-state index in [-0.39, 0.29) is 5.96 Å². The zero-order valence-electron chi connectivity index (χ0n) is 14.6. The number of nitrogens with one attached hydrogen (secondary N) is 1. The maximum Gasteiger partial charge on any atom is 0.191 e. The number of nitrogens with two attached hydrogens (primary N) is 2. The highest BCUT2D eigenvalue weighted by Gasteiger charge is 2.13. The summed E-state index contributed by atoms with van der Waals surface area (Å²) in [6.45, 7) is 0.637. The predicted octanol–water partition coefficient (Wildman–Crippen LogP) is 2.91. The summed E-state index contributed by atoms with van der Waals surface area (Å²) in [5, 5.41) is 3.50. The molecule has 134 valence electrons. The molecule has 7 heteroatoms. The van der Waals surface area contributed by atoms with Crippen LogP contribution in [0.25, 0.3) is 16.9 Å². The van der Waals surface area contributed by atoms with Crippen molar-refractivity contribution >= 4 is 23.1 Å². The molecule has 0 radical (unpaired) electrons. The van der Waals surface area contributed by atoms with E-state index < -0.39 is 0 Å². The van der Waals surface area contributed by atoms with Crippen molar-refractivity contribution in [3.8, 4) is 11.3 Å². The maximum atomic E-state index is 5.41. The average molecular weight is 357 g/mol. The van der Waals surface area contributed by atoms with Gasteiger partial charge in [-0.15, -0.1) is 0 Å². The zero-order chi connectivity index (χ0) is 18.6. The van der Waals surface area contributed by atoms with Crippen molar-refractivity contribution in [2.75, 3.05) is 5.32 Å². The van der Waals surface area contributed by atoms with Crippen LogP contribution in [-0.2, 0) is 6.54 Å². The molecule has 0 unspecified atom stereocenters. The van der Waals surface area contributed by atoms with Crippen LogP contribution in [-0.4, -0.2) is 20.3 Å². The molecular formula is C20H19N7. The number of fused-ring (bicyclic) bond motifs is 1. The van der Waals surface area contributed by atoms with Crippen LogP contribution in [0, 0.1) is 0 Å². The van der Waals surface area contributed by atoms with Gasteiger partial charge in [-0.05, 0) is 42.0 Å². The lowest BCUT2D eigenvalue weighted by Gasteiger charge is -2.09. The minimum absolute atomic E-state index is 0.0488. The Morgan fingerprint density at radius 1 is 1.04 bits per heavy atom. The summed E-state index contributed by atoms with van der Waals surface area (Å²) in [6.07, 6.45) is 5.56. The van der Waals surface area contributed by atoms with Crippen LogP contribution < -0.4 is 16.8 Å². The number of guanidine groups is 1. The monoisotopic (exact) mass is 357 g/mol. The summed E-state index contributed by atoms with van der Waals surface area (Å²) in [7, 11) is 0. The first kappa shape index (κ1) is 16.6. The Labute approximate surface area is 156 Å². The van der Waals surface area contributed by atoms with E-state index in [1.807, 2.05) is 71.4 Å². The van der Waals surface area contributed by atoms with Crippen molar-refractivity contribution in [2.45, 2.75) is 6.54 Å². The third kappa shape index (κ3) is 3.57. The summed E-state index contributed by atoms with van der Waals surface area (Å²) in [5.41, 5.74) is 15.4. The normalized spacial score (nSPS) is 10.7. The number of nitrogens with zero attached hydrogens (tertiary/aromatic N) is 4. The fourth-order valence-electron chi connectivity index (χ4n) is 2.89. The minimum atomic E-state index is 0.0488. The topological polar surface area (TPSA) is 107 Å². The van der Waals surface area contributed by atoms with E-state index in [9.17, 15) is 0 Å². The van der Waals surface area contributed by atoms with Crippen molar-refractivity contribution < 1.29 is 0 Å². The van der Waals surface area contributed by atoms with E-state index in [2.05, 4.69) is 15.3 Å². The standard InChI is InChI=1S/C20H19N7/c21-20(22)25-16-8-6-14(7-9-16)12-24-19-18(15-4-3-10-23-13-15)26-17-5-1-2-11-27(17)19/h1-11,13,24H,12H2,(H4,21,22,25). The van der Waals surface area contributed by atoms with Crippen LogP contribution in [0.15, 0.2) is 78.2 Å². The van der Waals surface area contributed by atoms with E-state index in [0.29, 0.717) is 6.54 Å².